The Labute approximate surface area is 102 Å². The minimum absolute atomic E-state index is 0.483. The molecule has 1 aromatic rings. The summed E-state index contributed by atoms with van der Waals surface area (Å²) in [5, 5.41) is -0.500. The minimum Gasteiger partial charge on any atom is -0.479 e. The van der Waals surface area contributed by atoms with Gasteiger partial charge in [-0.15, -0.1) is 0 Å². The van der Waals surface area contributed by atoms with Crippen molar-refractivity contribution in [1.29, 1.82) is 0 Å². The standard InChI is InChI=1S/C13H17ClO2/c1-9(2)10-5-7-11(8-6-10)16-13(3,4)12(14)15/h5-9H,1-4H3. The van der Waals surface area contributed by atoms with Crippen molar-refractivity contribution in [2.45, 2.75) is 39.2 Å². The van der Waals surface area contributed by atoms with Crippen LogP contribution >= 0.6 is 11.6 Å². The molecule has 0 heterocycles. The fraction of sp³-hybridized carbons (Fsp3) is 0.462. The smallest absolute Gasteiger partial charge is 0.264 e. The Morgan fingerprint density at radius 2 is 1.75 bits per heavy atom. The van der Waals surface area contributed by atoms with E-state index in [0.717, 1.165) is 0 Å². The molecule has 88 valence electrons. The van der Waals surface area contributed by atoms with Crippen LogP contribution in [0.15, 0.2) is 24.3 Å². The van der Waals surface area contributed by atoms with Crippen molar-refractivity contribution < 1.29 is 9.53 Å². The van der Waals surface area contributed by atoms with E-state index in [1.54, 1.807) is 13.8 Å². The van der Waals surface area contributed by atoms with Gasteiger partial charge < -0.3 is 4.74 Å². The molecule has 16 heavy (non-hydrogen) atoms. The predicted octanol–water partition coefficient (Wildman–Crippen LogP) is 3.73. The Bertz CT molecular complexity index is 366. The Morgan fingerprint density at radius 3 is 2.12 bits per heavy atom. The monoisotopic (exact) mass is 240 g/mol. The lowest BCUT2D eigenvalue weighted by molar-refractivity contribution is -0.123. The lowest BCUT2D eigenvalue weighted by Crippen LogP contribution is -2.34. The predicted molar refractivity (Wildman–Crippen MR) is 66.1 cm³/mol. The van der Waals surface area contributed by atoms with Gasteiger partial charge >= 0.3 is 0 Å². The molecule has 0 spiro atoms. The number of carbonyl (C=O) groups excluding carboxylic acids is 1. The highest BCUT2D eigenvalue weighted by atomic mass is 35.5. The summed E-state index contributed by atoms with van der Waals surface area (Å²) in [6.07, 6.45) is 0. The van der Waals surface area contributed by atoms with Crippen LogP contribution in [0.5, 0.6) is 5.75 Å². The van der Waals surface area contributed by atoms with Crippen LogP contribution in [0.4, 0.5) is 0 Å². The van der Waals surface area contributed by atoms with Crippen LogP contribution in [-0.2, 0) is 4.79 Å². The largest absolute Gasteiger partial charge is 0.479 e. The Morgan fingerprint density at radius 1 is 1.25 bits per heavy atom. The van der Waals surface area contributed by atoms with E-state index < -0.39 is 10.8 Å². The van der Waals surface area contributed by atoms with Crippen LogP contribution in [0.3, 0.4) is 0 Å². The first kappa shape index (κ1) is 13.0. The molecule has 0 aliphatic carbocycles. The highest BCUT2D eigenvalue weighted by Gasteiger charge is 2.27. The van der Waals surface area contributed by atoms with Crippen molar-refractivity contribution in [2.75, 3.05) is 0 Å². The molecule has 1 aromatic carbocycles. The maximum absolute atomic E-state index is 11.1. The first-order valence-electron chi connectivity index (χ1n) is 5.32. The lowest BCUT2D eigenvalue weighted by atomic mass is 10.0. The summed E-state index contributed by atoms with van der Waals surface area (Å²) in [5.74, 6) is 1.14. The minimum atomic E-state index is -0.985. The Kier molecular flexibility index (Phi) is 3.98. The van der Waals surface area contributed by atoms with Gasteiger partial charge in [-0.2, -0.15) is 0 Å². The molecule has 0 N–H and O–H groups in total. The van der Waals surface area contributed by atoms with Gasteiger partial charge in [-0.25, -0.2) is 0 Å². The molecule has 0 saturated heterocycles. The van der Waals surface area contributed by atoms with E-state index in [9.17, 15) is 4.79 Å². The maximum atomic E-state index is 11.1. The summed E-state index contributed by atoms with van der Waals surface area (Å²) in [6, 6.07) is 7.71. The van der Waals surface area contributed by atoms with Crippen molar-refractivity contribution in [3.05, 3.63) is 29.8 Å². The lowest BCUT2D eigenvalue weighted by Gasteiger charge is -2.22. The van der Waals surface area contributed by atoms with Crippen molar-refractivity contribution in [3.8, 4) is 5.75 Å². The third-order valence-electron chi connectivity index (χ3n) is 2.39. The van der Waals surface area contributed by atoms with Crippen molar-refractivity contribution in [2.24, 2.45) is 0 Å². The van der Waals surface area contributed by atoms with Gasteiger partial charge in [0, 0.05) is 0 Å². The molecular formula is C13H17ClO2. The van der Waals surface area contributed by atoms with Crippen LogP contribution in [0, 0.1) is 0 Å². The number of carbonyl (C=O) groups is 1. The second-order valence-corrected chi connectivity index (χ2v) is 4.95. The highest BCUT2D eigenvalue weighted by Crippen LogP contribution is 2.23. The first-order valence-corrected chi connectivity index (χ1v) is 5.69. The summed E-state index contributed by atoms with van der Waals surface area (Å²) >= 11 is 5.44. The van der Waals surface area contributed by atoms with Crippen molar-refractivity contribution in [1.82, 2.24) is 0 Å². The van der Waals surface area contributed by atoms with Crippen LogP contribution in [-0.4, -0.2) is 10.8 Å². The number of hydrogen-bond donors (Lipinski definition) is 0. The van der Waals surface area contributed by atoms with E-state index in [2.05, 4.69) is 13.8 Å². The van der Waals surface area contributed by atoms with Crippen molar-refractivity contribution in [3.63, 3.8) is 0 Å². The molecule has 0 aliphatic rings. The summed E-state index contributed by atoms with van der Waals surface area (Å²) in [7, 11) is 0. The zero-order valence-corrected chi connectivity index (χ0v) is 10.8. The quantitative estimate of drug-likeness (QED) is 0.750. The number of hydrogen-bond acceptors (Lipinski definition) is 2. The van der Waals surface area contributed by atoms with E-state index in [-0.39, 0.29) is 0 Å². The van der Waals surface area contributed by atoms with Crippen LogP contribution < -0.4 is 4.74 Å². The fourth-order valence-electron chi connectivity index (χ4n) is 1.26. The normalized spacial score (nSPS) is 11.6. The van der Waals surface area contributed by atoms with E-state index in [4.69, 9.17) is 16.3 Å². The second-order valence-electron chi connectivity index (χ2n) is 4.61. The molecule has 0 saturated carbocycles. The second kappa shape index (κ2) is 4.88. The molecule has 0 amide bonds. The molecule has 0 radical (unpaired) electrons. The fourth-order valence-corrected chi connectivity index (χ4v) is 1.29. The van der Waals surface area contributed by atoms with Gasteiger partial charge in [0.05, 0.1) is 0 Å². The topological polar surface area (TPSA) is 26.3 Å². The number of benzene rings is 1. The summed E-state index contributed by atoms with van der Waals surface area (Å²) in [4.78, 5) is 11.1. The third-order valence-corrected chi connectivity index (χ3v) is 2.85. The molecule has 0 unspecified atom stereocenters. The maximum Gasteiger partial charge on any atom is 0.264 e. The Balaban J connectivity index is 2.80. The van der Waals surface area contributed by atoms with Crippen LogP contribution in [0.1, 0.15) is 39.2 Å². The SMILES string of the molecule is CC(C)c1ccc(OC(C)(C)C(=O)Cl)cc1. The number of ether oxygens (including phenoxy) is 1. The molecule has 3 heteroatoms. The van der Waals surface area contributed by atoms with E-state index >= 15 is 0 Å². The van der Waals surface area contributed by atoms with E-state index in [1.165, 1.54) is 5.56 Å². The zero-order valence-electron chi connectivity index (χ0n) is 10.1. The van der Waals surface area contributed by atoms with Gasteiger partial charge in [-0.05, 0) is 49.1 Å². The third kappa shape index (κ3) is 3.24. The molecule has 0 atom stereocenters. The summed E-state index contributed by atoms with van der Waals surface area (Å²) in [5.41, 5.74) is 0.253. The molecule has 0 aliphatic heterocycles. The van der Waals surface area contributed by atoms with Gasteiger partial charge in [-0.1, -0.05) is 26.0 Å². The van der Waals surface area contributed by atoms with Crippen LogP contribution in [0.25, 0.3) is 0 Å². The Hall–Kier alpha value is -1.02. The van der Waals surface area contributed by atoms with Crippen molar-refractivity contribution >= 4 is 16.8 Å². The molecule has 0 bridgehead atoms. The van der Waals surface area contributed by atoms with Gasteiger partial charge in [0.25, 0.3) is 5.24 Å². The molecule has 0 aromatic heterocycles. The first-order chi connectivity index (χ1) is 7.33. The average Bonchev–Trinajstić information content (AvgIpc) is 2.17. The number of rotatable bonds is 4. The van der Waals surface area contributed by atoms with Crippen LogP contribution in [0.2, 0.25) is 0 Å². The average molecular weight is 241 g/mol. The van der Waals surface area contributed by atoms with Gasteiger partial charge in [-0.3, -0.25) is 4.79 Å². The van der Waals surface area contributed by atoms with Gasteiger partial charge in [0.1, 0.15) is 5.75 Å². The van der Waals surface area contributed by atoms with E-state index in [0.29, 0.717) is 11.7 Å². The summed E-state index contributed by atoms with van der Waals surface area (Å²) < 4.78 is 5.52. The molecule has 0 fully saturated rings. The molecule has 1 rings (SSSR count). The number of halogens is 1. The van der Waals surface area contributed by atoms with Gasteiger partial charge in [0.2, 0.25) is 0 Å². The molecular weight excluding hydrogens is 224 g/mol. The van der Waals surface area contributed by atoms with E-state index in [1.807, 2.05) is 24.3 Å². The highest BCUT2D eigenvalue weighted by molar-refractivity contribution is 6.65. The zero-order chi connectivity index (χ0) is 12.3. The van der Waals surface area contributed by atoms with Gasteiger partial charge in [0.15, 0.2) is 5.60 Å². The summed E-state index contributed by atoms with van der Waals surface area (Å²) in [6.45, 7) is 7.56. The molecule has 2 nitrogen and oxygen atoms in total.